The average Bonchev–Trinajstić information content (AvgIpc) is 2.77. The summed E-state index contributed by atoms with van der Waals surface area (Å²) in [7, 11) is 0. The van der Waals surface area contributed by atoms with Crippen molar-refractivity contribution in [3.05, 3.63) is 0 Å². The molecule has 2 rings (SSSR count). The van der Waals surface area contributed by atoms with E-state index < -0.39 is 0 Å². The van der Waals surface area contributed by atoms with Crippen LogP contribution in [0.15, 0.2) is 0 Å². The van der Waals surface area contributed by atoms with Crippen LogP contribution in [-0.4, -0.2) is 31.4 Å². The summed E-state index contributed by atoms with van der Waals surface area (Å²) in [5.41, 5.74) is 0. The van der Waals surface area contributed by atoms with Crippen LogP contribution in [0, 0.1) is 29.6 Å². The van der Waals surface area contributed by atoms with Crippen LogP contribution in [0.3, 0.4) is 0 Å². The van der Waals surface area contributed by atoms with Gasteiger partial charge in [0.15, 0.2) is 6.79 Å². The zero-order valence-electron chi connectivity index (χ0n) is 19.0. The first-order valence-electron chi connectivity index (χ1n) is 11.9. The van der Waals surface area contributed by atoms with Crippen molar-refractivity contribution in [3.63, 3.8) is 0 Å². The Morgan fingerprint density at radius 1 is 0.828 bits per heavy atom. The van der Waals surface area contributed by atoms with Crippen molar-refractivity contribution in [1.82, 2.24) is 0 Å². The smallest absolute Gasteiger partial charge is 0.310 e. The van der Waals surface area contributed by atoms with E-state index in [1.807, 2.05) is 13.8 Å². The molecular formula is C24H42O5. The number of esters is 2. The van der Waals surface area contributed by atoms with E-state index in [0.717, 1.165) is 63.2 Å². The molecule has 2 atom stereocenters. The quantitative estimate of drug-likeness (QED) is 0.351. The van der Waals surface area contributed by atoms with Crippen molar-refractivity contribution in [3.8, 4) is 0 Å². The molecule has 5 nitrogen and oxygen atoms in total. The largest absolute Gasteiger partial charge is 0.465 e. The molecule has 5 heteroatoms. The van der Waals surface area contributed by atoms with Crippen molar-refractivity contribution >= 4 is 11.9 Å². The lowest BCUT2D eigenvalue weighted by Gasteiger charge is -2.37. The normalized spacial score (nSPS) is 29.7. The molecule has 29 heavy (non-hydrogen) atoms. The molecule has 0 heterocycles. The molecule has 2 aliphatic carbocycles. The minimum absolute atomic E-state index is 0.0211. The Balaban J connectivity index is 1.61. The lowest BCUT2D eigenvalue weighted by Crippen LogP contribution is -2.31. The number of hydrogen-bond donors (Lipinski definition) is 0. The van der Waals surface area contributed by atoms with Gasteiger partial charge in [-0.15, -0.1) is 0 Å². The van der Waals surface area contributed by atoms with Crippen molar-refractivity contribution < 1.29 is 23.8 Å². The van der Waals surface area contributed by atoms with Crippen LogP contribution >= 0.6 is 0 Å². The van der Waals surface area contributed by atoms with E-state index in [9.17, 15) is 9.59 Å². The van der Waals surface area contributed by atoms with Gasteiger partial charge in [0.2, 0.25) is 0 Å². The van der Waals surface area contributed by atoms with Crippen LogP contribution < -0.4 is 0 Å². The molecule has 0 aromatic carbocycles. The zero-order chi connectivity index (χ0) is 21.2. The third-order valence-electron chi connectivity index (χ3n) is 7.22. The maximum absolute atomic E-state index is 12.3. The molecule has 0 radical (unpaired) electrons. The first-order chi connectivity index (χ1) is 13.9. The molecule has 0 aromatic rings. The van der Waals surface area contributed by atoms with Gasteiger partial charge in [-0.05, 0) is 75.5 Å². The molecule has 0 amide bonds. The molecular weight excluding hydrogens is 368 g/mol. The number of rotatable bonds is 10. The van der Waals surface area contributed by atoms with Crippen molar-refractivity contribution in [1.29, 1.82) is 0 Å². The minimum atomic E-state index is -0.166. The average molecular weight is 411 g/mol. The first-order valence-corrected chi connectivity index (χ1v) is 11.9. The molecule has 0 N–H and O–H groups in total. The van der Waals surface area contributed by atoms with Crippen LogP contribution in [0.4, 0.5) is 0 Å². The summed E-state index contributed by atoms with van der Waals surface area (Å²) in [5, 5.41) is 0. The van der Waals surface area contributed by atoms with Crippen LogP contribution in [0.25, 0.3) is 0 Å². The molecule has 0 aliphatic heterocycles. The van der Waals surface area contributed by atoms with Gasteiger partial charge in [0.1, 0.15) is 0 Å². The fourth-order valence-electron chi connectivity index (χ4n) is 4.51. The van der Waals surface area contributed by atoms with Gasteiger partial charge in [-0.2, -0.15) is 0 Å². The lowest BCUT2D eigenvalue weighted by molar-refractivity contribution is -0.167. The summed E-state index contributed by atoms with van der Waals surface area (Å²) in [4.78, 5) is 24.0. The number of carbonyl (C=O) groups excluding carboxylic acids is 2. The Morgan fingerprint density at radius 2 is 1.41 bits per heavy atom. The van der Waals surface area contributed by atoms with Crippen molar-refractivity contribution in [2.75, 3.05) is 13.4 Å². The molecule has 2 saturated carbocycles. The monoisotopic (exact) mass is 410 g/mol. The number of hydrogen-bond acceptors (Lipinski definition) is 5. The highest BCUT2D eigenvalue weighted by Crippen LogP contribution is 2.40. The van der Waals surface area contributed by atoms with Crippen molar-refractivity contribution in [2.24, 2.45) is 29.6 Å². The highest BCUT2D eigenvalue weighted by Gasteiger charge is 2.33. The van der Waals surface area contributed by atoms with Gasteiger partial charge in [0.25, 0.3) is 0 Å². The van der Waals surface area contributed by atoms with E-state index in [4.69, 9.17) is 14.2 Å². The highest BCUT2D eigenvalue weighted by atomic mass is 16.7. The molecule has 0 saturated heterocycles. The number of ether oxygens (including phenoxy) is 3. The molecule has 0 aromatic heterocycles. The Kier molecular flexibility index (Phi) is 10.5. The van der Waals surface area contributed by atoms with E-state index in [2.05, 4.69) is 13.8 Å². The molecule has 0 bridgehead atoms. The van der Waals surface area contributed by atoms with Crippen LogP contribution in [-0.2, 0) is 23.8 Å². The predicted molar refractivity (Wildman–Crippen MR) is 113 cm³/mol. The standard InChI is InChI=1S/C24H42O5/c1-5-17(3)15-27-24(26)21-9-7-19(8-10-21)20-11-13-22(14-12-20)28-16-29-23(25)18(4)6-2/h17-22H,5-16H2,1-4H3. The van der Waals surface area contributed by atoms with Crippen LogP contribution in [0.5, 0.6) is 0 Å². The van der Waals surface area contributed by atoms with Gasteiger partial charge in [-0.25, -0.2) is 0 Å². The first kappa shape index (κ1) is 24.2. The molecule has 2 fully saturated rings. The predicted octanol–water partition coefficient (Wildman–Crippen LogP) is 5.50. The highest BCUT2D eigenvalue weighted by molar-refractivity contribution is 5.72. The van der Waals surface area contributed by atoms with Gasteiger partial charge in [0.05, 0.1) is 24.5 Å². The maximum atomic E-state index is 12.3. The van der Waals surface area contributed by atoms with E-state index in [1.54, 1.807) is 0 Å². The van der Waals surface area contributed by atoms with Gasteiger partial charge < -0.3 is 14.2 Å². The number of carbonyl (C=O) groups is 2. The Labute approximate surface area is 177 Å². The Bertz CT molecular complexity index is 489. The maximum Gasteiger partial charge on any atom is 0.310 e. The van der Waals surface area contributed by atoms with Crippen LogP contribution in [0.2, 0.25) is 0 Å². The Morgan fingerprint density at radius 3 is 1.97 bits per heavy atom. The molecule has 168 valence electrons. The molecule has 2 unspecified atom stereocenters. The second-order valence-electron chi connectivity index (χ2n) is 9.35. The third-order valence-corrected chi connectivity index (χ3v) is 7.22. The third kappa shape index (κ3) is 7.92. The van der Waals surface area contributed by atoms with E-state index in [0.29, 0.717) is 12.5 Å². The van der Waals surface area contributed by atoms with E-state index in [-0.39, 0.29) is 36.7 Å². The van der Waals surface area contributed by atoms with Crippen molar-refractivity contribution in [2.45, 2.75) is 98.0 Å². The summed E-state index contributed by atoms with van der Waals surface area (Å²) in [6.45, 7) is 8.77. The lowest BCUT2D eigenvalue weighted by atomic mass is 9.70. The summed E-state index contributed by atoms with van der Waals surface area (Å²) in [6.07, 6.45) is 10.7. The Hall–Kier alpha value is -1.10. The topological polar surface area (TPSA) is 61.8 Å². The van der Waals surface area contributed by atoms with Gasteiger partial charge in [-0.3, -0.25) is 9.59 Å². The summed E-state index contributed by atoms with van der Waals surface area (Å²) in [6, 6.07) is 0. The van der Waals surface area contributed by atoms with E-state index >= 15 is 0 Å². The summed E-state index contributed by atoms with van der Waals surface area (Å²) < 4.78 is 16.5. The van der Waals surface area contributed by atoms with E-state index in [1.165, 1.54) is 12.8 Å². The molecule has 2 aliphatic rings. The van der Waals surface area contributed by atoms with Crippen LogP contribution in [0.1, 0.15) is 91.9 Å². The fraction of sp³-hybridized carbons (Fsp3) is 0.917. The SMILES string of the molecule is CCC(C)COC(=O)C1CCC(C2CCC(OCOC(=O)C(C)CC)CC2)CC1. The van der Waals surface area contributed by atoms with Gasteiger partial charge >= 0.3 is 11.9 Å². The fourth-order valence-corrected chi connectivity index (χ4v) is 4.51. The second kappa shape index (κ2) is 12.6. The molecule has 0 spiro atoms. The summed E-state index contributed by atoms with van der Waals surface area (Å²) >= 11 is 0. The summed E-state index contributed by atoms with van der Waals surface area (Å²) in [5.74, 6) is 1.83. The zero-order valence-corrected chi connectivity index (χ0v) is 19.0. The second-order valence-corrected chi connectivity index (χ2v) is 9.35. The van der Waals surface area contributed by atoms with Gasteiger partial charge in [0, 0.05) is 0 Å². The minimum Gasteiger partial charge on any atom is -0.465 e. The van der Waals surface area contributed by atoms with Gasteiger partial charge in [-0.1, -0.05) is 34.1 Å².